The zero-order valence-corrected chi connectivity index (χ0v) is 16.5. The first-order chi connectivity index (χ1) is 13.7. The van der Waals surface area contributed by atoms with Crippen LogP contribution in [0.25, 0.3) is 0 Å². The Labute approximate surface area is 167 Å². The molecule has 11 heteroatoms. The van der Waals surface area contributed by atoms with E-state index in [2.05, 4.69) is 20.4 Å². The van der Waals surface area contributed by atoms with Crippen molar-refractivity contribution in [2.24, 2.45) is 12.0 Å². The summed E-state index contributed by atoms with van der Waals surface area (Å²) in [6.45, 7) is 3.00. The van der Waals surface area contributed by atoms with Gasteiger partial charge >= 0.3 is 6.18 Å². The van der Waals surface area contributed by atoms with Crippen LogP contribution in [0.1, 0.15) is 18.3 Å². The predicted molar refractivity (Wildman–Crippen MR) is 101 cm³/mol. The van der Waals surface area contributed by atoms with E-state index in [0.717, 1.165) is 18.0 Å². The number of aliphatic imine (C=N–C) groups is 1. The van der Waals surface area contributed by atoms with Crippen LogP contribution < -0.4 is 10.1 Å². The fourth-order valence-electron chi connectivity index (χ4n) is 2.40. The molecule has 0 amide bonds. The third-order valence-corrected chi connectivity index (χ3v) is 3.96. The Balaban J connectivity index is 1.88. The summed E-state index contributed by atoms with van der Waals surface area (Å²) in [5, 5.41) is 17.3. The Hall–Kier alpha value is -2.82. The number of aliphatic hydroxyl groups excluding tert-OH is 1. The number of halogens is 3. The second-order valence-electron chi connectivity index (χ2n) is 6.34. The van der Waals surface area contributed by atoms with Crippen LogP contribution in [0.15, 0.2) is 35.6 Å². The molecule has 0 fully saturated rings. The molecule has 29 heavy (non-hydrogen) atoms. The largest absolute Gasteiger partial charge is 0.491 e. The van der Waals surface area contributed by atoms with Crippen LogP contribution >= 0.6 is 0 Å². The highest BCUT2D eigenvalue weighted by molar-refractivity contribution is 5.79. The van der Waals surface area contributed by atoms with Crippen LogP contribution in [0.5, 0.6) is 5.75 Å². The Kier molecular flexibility index (Phi) is 7.82. The standard InChI is InChI=1S/C18H25F3N6O2/c1-4-22-17(26(2)10-16-24-12-25-27(16)3)23-9-14(28)11-29-15-7-5-13(6-8-15)18(19,20)21/h5-8,12,14,28H,4,9-11H2,1-3H3,(H,22,23). The maximum atomic E-state index is 12.6. The predicted octanol–water partition coefficient (Wildman–Crippen LogP) is 1.67. The van der Waals surface area contributed by atoms with E-state index in [4.69, 9.17) is 4.74 Å². The van der Waals surface area contributed by atoms with E-state index in [-0.39, 0.29) is 18.9 Å². The molecule has 1 atom stereocenters. The fourth-order valence-corrected chi connectivity index (χ4v) is 2.40. The van der Waals surface area contributed by atoms with Crippen LogP contribution in [0.3, 0.4) is 0 Å². The second kappa shape index (κ2) is 10.1. The Morgan fingerprint density at radius 1 is 1.34 bits per heavy atom. The molecule has 0 radical (unpaired) electrons. The van der Waals surface area contributed by atoms with Crippen molar-refractivity contribution in [3.63, 3.8) is 0 Å². The number of hydrogen-bond acceptors (Lipinski definition) is 5. The van der Waals surface area contributed by atoms with E-state index in [1.165, 1.54) is 18.5 Å². The van der Waals surface area contributed by atoms with E-state index in [1.807, 2.05) is 18.9 Å². The van der Waals surface area contributed by atoms with Gasteiger partial charge in [-0.2, -0.15) is 18.3 Å². The quantitative estimate of drug-likeness (QED) is 0.505. The normalized spacial score (nSPS) is 13.3. The van der Waals surface area contributed by atoms with Gasteiger partial charge in [0.05, 0.1) is 18.7 Å². The van der Waals surface area contributed by atoms with Gasteiger partial charge in [0, 0.05) is 20.6 Å². The highest BCUT2D eigenvalue weighted by atomic mass is 19.4. The van der Waals surface area contributed by atoms with Gasteiger partial charge in [-0.3, -0.25) is 9.67 Å². The SMILES string of the molecule is CCNC(=NCC(O)COc1ccc(C(F)(F)F)cc1)N(C)Cc1ncnn1C. The van der Waals surface area contributed by atoms with Gasteiger partial charge in [0.2, 0.25) is 0 Å². The van der Waals surface area contributed by atoms with E-state index < -0.39 is 17.8 Å². The van der Waals surface area contributed by atoms with Gasteiger partial charge in [0.15, 0.2) is 5.96 Å². The summed E-state index contributed by atoms with van der Waals surface area (Å²) in [4.78, 5) is 10.4. The molecule has 0 aliphatic rings. The minimum atomic E-state index is -4.40. The summed E-state index contributed by atoms with van der Waals surface area (Å²) in [5.74, 6) is 1.57. The summed E-state index contributed by atoms with van der Waals surface area (Å²) in [5.41, 5.74) is -0.753. The van der Waals surface area contributed by atoms with Crippen molar-refractivity contribution in [2.75, 3.05) is 26.7 Å². The molecular formula is C18H25F3N6O2. The third-order valence-electron chi connectivity index (χ3n) is 3.96. The van der Waals surface area contributed by atoms with Crippen molar-refractivity contribution in [3.8, 4) is 5.75 Å². The molecule has 8 nitrogen and oxygen atoms in total. The summed E-state index contributed by atoms with van der Waals surface area (Å²) in [7, 11) is 3.63. The Bertz CT molecular complexity index is 792. The first-order valence-corrected chi connectivity index (χ1v) is 9.01. The van der Waals surface area contributed by atoms with Crippen LogP contribution in [0.2, 0.25) is 0 Å². The van der Waals surface area contributed by atoms with Crippen molar-refractivity contribution in [1.29, 1.82) is 0 Å². The summed E-state index contributed by atoms with van der Waals surface area (Å²) >= 11 is 0. The lowest BCUT2D eigenvalue weighted by Gasteiger charge is -2.22. The molecule has 1 unspecified atom stereocenters. The average Bonchev–Trinajstić information content (AvgIpc) is 3.07. The third kappa shape index (κ3) is 6.93. The van der Waals surface area contributed by atoms with Crippen molar-refractivity contribution in [3.05, 3.63) is 42.0 Å². The van der Waals surface area contributed by atoms with Gasteiger partial charge in [-0.1, -0.05) is 0 Å². The number of aromatic nitrogens is 3. The number of aryl methyl sites for hydroxylation is 1. The van der Waals surface area contributed by atoms with E-state index in [9.17, 15) is 18.3 Å². The lowest BCUT2D eigenvalue weighted by molar-refractivity contribution is -0.137. The number of ether oxygens (including phenoxy) is 1. The van der Waals surface area contributed by atoms with Crippen LogP contribution in [0.4, 0.5) is 13.2 Å². The second-order valence-corrected chi connectivity index (χ2v) is 6.34. The Morgan fingerprint density at radius 3 is 2.59 bits per heavy atom. The number of alkyl halides is 3. The number of hydrogen-bond donors (Lipinski definition) is 2. The molecule has 2 aromatic rings. The molecule has 2 N–H and O–H groups in total. The zero-order valence-electron chi connectivity index (χ0n) is 16.5. The number of rotatable bonds is 8. The summed E-state index contributed by atoms with van der Waals surface area (Å²) in [6.07, 6.45) is -3.85. The first kappa shape index (κ1) is 22.5. The van der Waals surface area contributed by atoms with E-state index >= 15 is 0 Å². The topological polar surface area (TPSA) is 87.8 Å². The van der Waals surface area contributed by atoms with Gasteiger partial charge in [0.1, 0.15) is 30.6 Å². The molecule has 1 aromatic carbocycles. The molecule has 0 aliphatic heterocycles. The van der Waals surface area contributed by atoms with Crippen LogP contribution in [-0.4, -0.2) is 63.6 Å². The van der Waals surface area contributed by atoms with Crippen molar-refractivity contribution < 1.29 is 23.0 Å². The van der Waals surface area contributed by atoms with Gasteiger partial charge in [0.25, 0.3) is 0 Å². The van der Waals surface area contributed by atoms with Crippen LogP contribution in [-0.2, 0) is 19.8 Å². The zero-order chi connectivity index (χ0) is 21.4. The van der Waals surface area contributed by atoms with Gasteiger partial charge in [-0.05, 0) is 31.2 Å². The number of aliphatic hydroxyl groups is 1. The summed E-state index contributed by atoms with van der Waals surface area (Å²) in [6, 6.07) is 4.31. The first-order valence-electron chi connectivity index (χ1n) is 9.01. The highest BCUT2D eigenvalue weighted by Gasteiger charge is 2.30. The molecule has 1 heterocycles. The molecular weight excluding hydrogens is 389 g/mol. The van der Waals surface area contributed by atoms with E-state index in [0.29, 0.717) is 19.0 Å². The molecule has 0 saturated carbocycles. The molecule has 0 aliphatic carbocycles. The monoisotopic (exact) mass is 414 g/mol. The number of benzene rings is 1. The number of nitrogens with one attached hydrogen (secondary N) is 1. The maximum Gasteiger partial charge on any atom is 0.416 e. The number of nitrogens with zero attached hydrogens (tertiary/aromatic N) is 5. The van der Waals surface area contributed by atoms with Crippen molar-refractivity contribution >= 4 is 5.96 Å². The molecule has 0 bridgehead atoms. The van der Waals surface area contributed by atoms with Gasteiger partial charge in [-0.15, -0.1) is 0 Å². The van der Waals surface area contributed by atoms with Crippen molar-refractivity contribution in [1.82, 2.24) is 25.0 Å². The Morgan fingerprint density at radius 2 is 2.03 bits per heavy atom. The maximum absolute atomic E-state index is 12.6. The molecule has 160 valence electrons. The molecule has 0 saturated heterocycles. The fraction of sp³-hybridized carbons (Fsp3) is 0.500. The molecule has 2 rings (SSSR count). The smallest absolute Gasteiger partial charge is 0.416 e. The number of guanidine groups is 1. The van der Waals surface area contributed by atoms with Gasteiger partial charge in [-0.25, -0.2) is 4.98 Å². The van der Waals surface area contributed by atoms with Gasteiger partial charge < -0.3 is 20.1 Å². The molecule has 1 aromatic heterocycles. The minimum absolute atomic E-state index is 0.0616. The summed E-state index contributed by atoms with van der Waals surface area (Å²) < 4.78 is 44.7. The van der Waals surface area contributed by atoms with E-state index in [1.54, 1.807) is 11.7 Å². The minimum Gasteiger partial charge on any atom is -0.491 e. The highest BCUT2D eigenvalue weighted by Crippen LogP contribution is 2.30. The lowest BCUT2D eigenvalue weighted by Crippen LogP contribution is -2.39. The average molecular weight is 414 g/mol. The van der Waals surface area contributed by atoms with Crippen LogP contribution in [0, 0.1) is 0 Å². The lowest BCUT2D eigenvalue weighted by atomic mass is 10.2. The molecule has 0 spiro atoms. The van der Waals surface area contributed by atoms with Crippen molar-refractivity contribution in [2.45, 2.75) is 25.7 Å².